The van der Waals surface area contributed by atoms with Crippen molar-refractivity contribution in [1.29, 1.82) is 0 Å². The third kappa shape index (κ3) is 2.76. The van der Waals surface area contributed by atoms with Crippen LogP contribution in [0.3, 0.4) is 0 Å². The molecule has 17 heavy (non-hydrogen) atoms. The summed E-state index contributed by atoms with van der Waals surface area (Å²) in [6.45, 7) is 2.35. The molecule has 6 nitrogen and oxygen atoms in total. The van der Waals surface area contributed by atoms with E-state index in [0.29, 0.717) is 12.4 Å². The Morgan fingerprint density at radius 2 is 2.35 bits per heavy atom. The van der Waals surface area contributed by atoms with Crippen LogP contribution in [-0.4, -0.2) is 14.9 Å². The number of nitrogens with zero attached hydrogens (tertiary/aromatic N) is 3. The van der Waals surface area contributed by atoms with Crippen LogP contribution >= 0.6 is 11.3 Å². The lowest BCUT2D eigenvalue weighted by atomic mass is 10.2. The molecule has 0 radical (unpaired) electrons. The molecule has 0 spiro atoms. The number of nitrogens with one attached hydrogen (secondary N) is 1. The number of hydrogen-bond donors (Lipinski definition) is 1. The Bertz CT molecular complexity index is 527. The Kier molecular flexibility index (Phi) is 3.29. The van der Waals surface area contributed by atoms with Gasteiger partial charge in [-0.2, -0.15) is 0 Å². The molecular weight excluding hydrogens is 240 g/mol. The second-order valence-electron chi connectivity index (χ2n) is 3.45. The van der Waals surface area contributed by atoms with Gasteiger partial charge in [-0.1, -0.05) is 0 Å². The monoisotopic (exact) mass is 250 g/mol. The zero-order valence-corrected chi connectivity index (χ0v) is 9.90. The molecular formula is C10H10N4O2S. The van der Waals surface area contributed by atoms with Crippen molar-refractivity contribution in [3.63, 3.8) is 0 Å². The van der Waals surface area contributed by atoms with Crippen molar-refractivity contribution < 1.29 is 4.92 Å². The maximum Gasteiger partial charge on any atom is 0.287 e. The van der Waals surface area contributed by atoms with Gasteiger partial charge in [-0.3, -0.25) is 10.1 Å². The van der Waals surface area contributed by atoms with Gasteiger partial charge in [0, 0.05) is 11.4 Å². The third-order valence-corrected chi connectivity index (χ3v) is 2.83. The molecule has 0 aliphatic carbocycles. The summed E-state index contributed by atoms with van der Waals surface area (Å²) in [7, 11) is 0. The minimum Gasteiger partial charge on any atom is -0.364 e. The first-order valence-corrected chi connectivity index (χ1v) is 5.83. The van der Waals surface area contributed by atoms with E-state index in [1.165, 1.54) is 23.6 Å². The van der Waals surface area contributed by atoms with Gasteiger partial charge in [0.1, 0.15) is 12.0 Å². The normalized spacial score (nSPS) is 10.2. The highest BCUT2D eigenvalue weighted by Gasteiger charge is 2.09. The molecule has 0 unspecified atom stereocenters. The van der Waals surface area contributed by atoms with Crippen LogP contribution in [0, 0.1) is 17.0 Å². The van der Waals surface area contributed by atoms with E-state index in [9.17, 15) is 10.1 Å². The van der Waals surface area contributed by atoms with Crippen LogP contribution in [0.15, 0.2) is 23.2 Å². The smallest absolute Gasteiger partial charge is 0.287 e. The highest BCUT2D eigenvalue weighted by molar-refractivity contribution is 7.07. The SMILES string of the molecule is Cc1cc([N+](=O)[O-])cnc1NCc1cscn1. The number of nitro groups is 1. The van der Waals surface area contributed by atoms with Gasteiger partial charge in [0.05, 0.1) is 22.7 Å². The first kappa shape index (κ1) is 11.5. The summed E-state index contributed by atoms with van der Waals surface area (Å²) in [6.07, 6.45) is 1.25. The van der Waals surface area contributed by atoms with Crippen molar-refractivity contribution in [1.82, 2.24) is 9.97 Å². The van der Waals surface area contributed by atoms with E-state index in [4.69, 9.17) is 0 Å². The average molecular weight is 250 g/mol. The minimum absolute atomic E-state index is 0.00158. The van der Waals surface area contributed by atoms with Crippen molar-refractivity contribution in [2.75, 3.05) is 5.32 Å². The second kappa shape index (κ2) is 4.88. The molecule has 0 saturated carbocycles. The molecule has 0 bridgehead atoms. The van der Waals surface area contributed by atoms with E-state index in [1.807, 2.05) is 5.38 Å². The number of aromatic nitrogens is 2. The third-order valence-electron chi connectivity index (χ3n) is 2.20. The molecule has 2 aromatic heterocycles. The predicted molar refractivity (Wildman–Crippen MR) is 65.1 cm³/mol. The fourth-order valence-electron chi connectivity index (χ4n) is 1.34. The van der Waals surface area contributed by atoms with Crippen molar-refractivity contribution in [3.05, 3.63) is 44.5 Å². The van der Waals surface area contributed by atoms with Crippen LogP contribution in [-0.2, 0) is 6.54 Å². The lowest BCUT2D eigenvalue weighted by Crippen LogP contribution is -2.04. The summed E-state index contributed by atoms with van der Waals surface area (Å²) in [5, 5.41) is 15.6. The van der Waals surface area contributed by atoms with Gasteiger partial charge in [-0.15, -0.1) is 11.3 Å². The van der Waals surface area contributed by atoms with Crippen molar-refractivity contribution in [2.45, 2.75) is 13.5 Å². The standard InChI is InChI=1S/C10H10N4O2S/c1-7-2-9(14(15)16)4-12-10(7)11-3-8-5-17-6-13-8/h2,4-6H,3H2,1H3,(H,11,12). The first-order valence-electron chi connectivity index (χ1n) is 4.89. The molecule has 0 atom stereocenters. The van der Waals surface area contributed by atoms with Gasteiger partial charge < -0.3 is 5.32 Å². The fraction of sp³-hybridized carbons (Fsp3) is 0.200. The van der Waals surface area contributed by atoms with Crippen molar-refractivity contribution in [3.8, 4) is 0 Å². The van der Waals surface area contributed by atoms with E-state index in [-0.39, 0.29) is 5.69 Å². The van der Waals surface area contributed by atoms with E-state index < -0.39 is 4.92 Å². The minimum atomic E-state index is -0.454. The van der Waals surface area contributed by atoms with Crippen molar-refractivity contribution in [2.24, 2.45) is 0 Å². The molecule has 88 valence electrons. The van der Waals surface area contributed by atoms with Crippen LogP contribution in [0.25, 0.3) is 0 Å². The molecule has 0 aromatic carbocycles. The van der Waals surface area contributed by atoms with E-state index in [0.717, 1.165) is 11.3 Å². The topological polar surface area (TPSA) is 81.0 Å². The Labute approximate surface area is 102 Å². The summed E-state index contributed by atoms with van der Waals surface area (Å²) in [6, 6.07) is 1.50. The van der Waals surface area contributed by atoms with Gasteiger partial charge in [-0.25, -0.2) is 9.97 Å². The summed E-state index contributed by atoms with van der Waals surface area (Å²) in [5.74, 6) is 0.642. The highest BCUT2D eigenvalue weighted by Crippen LogP contribution is 2.18. The lowest BCUT2D eigenvalue weighted by molar-refractivity contribution is -0.385. The van der Waals surface area contributed by atoms with Crippen LogP contribution in [0.2, 0.25) is 0 Å². The molecule has 0 aliphatic heterocycles. The Hall–Kier alpha value is -2.02. The quantitative estimate of drug-likeness (QED) is 0.665. The number of aryl methyl sites for hydroxylation is 1. The van der Waals surface area contributed by atoms with Gasteiger partial charge in [-0.05, 0) is 12.5 Å². The molecule has 1 N–H and O–H groups in total. The number of anilines is 1. The van der Waals surface area contributed by atoms with Crippen LogP contribution in [0.1, 0.15) is 11.3 Å². The van der Waals surface area contributed by atoms with E-state index in [1.54, 1.807) is 12.4 Å². The number of pyridine rings is 1. The summed E-state index contributed by atoms with van der Waals surface area (Å²) >= 11 is 1.52. The average Bonchev–Trinajstić information content (AvgIpc) is 2.80. The molecule has 7 heteroatoms. The highest BCUT2D eigenvalue weighted by atomic mass is 32.1. The fourth-order valence-corrected chi connectivity index (χ4v) is 1.90. The molecule has 0 fully saturated rings. The second-order valence-corrected chi connectivity index (χ2v) is 4.17. The Morgan fingerprint density at radius 3 is 2.94 bits per heavy atom. The molecule has 2 aromatic rings. The van der Waals surface area contributed by atoms with E-state index >= 15 is 0 Å². The first-order chi connectivity index (χ1) is 8.16. The van der Waals surface area contributed by atoms with E-state index in [2.05, 4.69) is 15.3 Å². The summed E-state index contributed by atoms with van der Waals surface area (Å²) in [4.78, 5) is 18.2. The molecule has 0 aliphatic rings. The number of thiazole rings is 1. The zero-order chi connectivity index (χ0) is 12.3. The lowest BCUT2D eigenvalue weighted by Gasteiger charge is -2.06. The van der Waals surface area contributed by atoms with Crippen LogP contribution in [0.4, 0.5) is 11.5 Å². The molecule has 0 saturated heterocycles. The maximum atomic E-state index is 10.5. The predicted octanol–water partition coefficient (Wildman–Crippen LogP) is 2.37. The summed E-state index contributed by atoms with van der Waals surface area (Å²) < 4.78 is 0. The number of hydrogen-bond acceptors (Lipinski definition) is 6. The van der Waals surface area contributed by atoms with Crippen LogP contribution < -0.4 is 5.32 Å². The number of rotatable bonds is 4. The zero-order valence-electron chi connectivity index (χ0n) is 9.08. The Balaban J connectivity index is 2.09. The van der Waals surface area contributed by atoms with Gasteiger partial charge in [0.25, 0.3) is 5.69 Å². The van der Waals surface area contributed by atoms with Gasteiger partial charge >= 0.3 is 0 Å². The largest absolute Gasteiger partial charge is 0.364 e. The maximum absolute atomic E-state index is 10.5. The molecule has 2 heterocycles. The Morgan fingerprint density at radius 1 is 1.53 bits per heavy atom. The van der Waals surface area contributed by atoms with Crippen LogP contribution in [0.5, 0.6) is 0 Å². The van der Waals surface area contributed by atoms with Gasteiger partial charge in [0.2, 0.25) is 0 Å². The molecule has 2 rings (SSSR count). The van der Waals surface area contributed by atoms with Gasteiger partial charge in [0.15, 0.2) is 0 Å². The molecule has 0 amide bonds. The van der Waals surface area contributed by atoms with Crippen molar-refractivity contribution >= 4 is 22.8 Å². The summed E-state index contributed by atoms with van der Waals surface area (Å²) in [5.41, 5.74) is 3.43.